The number of benzene rings is 2. The zero-order valence-electron chi connectivity index (χ0n) is 10.5. The van der Waals surface area contributed by atoms with E-state index in [4.69, 9.17) is 10.6 Å². The fourth-order valence-corrected chi connectivity index (χ4v) is 3.32. The Bertz CT molecular complexity index is 547. The van der Waals surface area contributed by atoms with Gasteiger partial charge in [-0.1, -0.05) is 42.5 Å². The van der Waals surface area contributed by atoms with E-state index in [1.807, 2.05) is 48.2 Å². The van der Waals surface area contributed by atoms with Crippen LogP contribution in [0.25, 0.3) is 0 Å². The molecule has 1 heterocycles. The number of para-hydroxylation sites is 1. The standard InChI is InChI=1S/C15H16N2OS/c16-17-15(11-6-2-1-3-7-11)13-10-19-14-9-5-4-8-12(14)18-13/h1-9,13,15,17H,10,16H2. The molecule has 0 aliphatic carbocycles. The van der Waals surface area contributed by atoms with Gasteiger partial charge in [-0.2, -0.15) is 0 Å². The zero-order valence-corrected chi connectivity index (χ0v) is 11.3. The second kappa shape index (κ2) is 5.65. The molecule has 0 spiro atoms. The van der Waals surface area contributed by atoms with Crippen molar-refractivity contribution in [3.05, 3.63) is 60.2 Å². The summed E-state index contributed by atoms with van der Waals surface area (Å²) in [5, 5.41) is 0. The van der Waals surface area contributed by atoms with Gasteiger partial charge in [-0.05, 0) is 17.7 Å². The van der Waals surface area contributed by atoms with E-state index in [0.717, 1.165) is 17.1 Å². The van der Waals surface area contributed by atoms with Gasteiger partial charge in [-0.3, -0.25) is 5.84 Å². The van der Waals surface area contributed by atoms with Crippen LogP contribution in [0.2, 0.25) is 0 Å². The van der Waals surface area contributed by atoms with Gasteiger partial charge in [0.15, 0.2) is 0 Å². The van der Waals surface area contributed by atoms with Crippen LogP contribution in [0.4, 0.5) is 0 Å². The first-order chi connectivity index (χ1) is 9.38. The molecule has 2 atom stereocenters. The molecule has 0 fully saturated rings. The number of rotatable bonds is 3. The second-order valence-electron chi connectivity index (χ2n) is 4.47. The van der Waals surface area contributed by atoms with Crippen molar-refractivity contribution in [3.63, 3.8) is 0 Å². The van der Waals surface area contributed by atoms with Crippen molar-refractivity contribution in [3.8, 4) is 5.75 Å². The maximum atomic E-state index is 6.08. The van der Waals surface area contributed by atoms with Crippen molar-refractivity contribution in [2.24, 2.45) is 5.84 Å². The van der Waals surface area contributed by atoms with Gasteiger partial charge in [0.05, 0.1) is 6.04 Å². The second-order valence-corrected chi connectivity index (χ2v) is 5.53. The van der Waals surface area contributed by atoms with Crippen LogP contribution >= 0.6 is 11.8 Å². The van der Waals surface area contributed by atoms with Gasteiger partial charge in [0.1, 0.15) is 11.9 Å². The van der Waals surface area contributed by atoms with Gasteiger partial charge < -0.3 is 4.74 Å². The minimum absolute atomic E-state index is 0.00190. The molecular formula is C15H16N2OS. The van der Waals surface area contributed by atoms with E-state index in [1.165, 1.54) is 4.90 Å². The van der Waals surface area contributed by atoms with Crippen molar-refractivity contribution < 1.29 is 4.74 Å². The molecule has 0 amide bonds. The molecule has 4 heteroatoms. The summed E-state index contributed by atoms with van der Waals surface area (Å²) in [7, 11) is 0. The fraction of sp³-hybridized carbons (Fsp3) is 0.200. The number of hydrazine groups is 1. The summed E-state index contributed by atoms with van der Waals surface area (Å²) in [5.74, 6) is 7.55. The number of hydrogen-bond acceptors (Lipinski definition) is 4. The summed E-state index contributed by atoms with van der Waals surface area (Å²) in [6.45, 7) is 0. The lowest BCUT2D eigenvalue weighted by Crippen LogP contribution is -2.42. The van der Waals surface area contributed by atoms with Crippen molar-refractivity contribution in [1.82, 2.24) is 5.43 Å². The van der Waals surface area contributed by atoms with Gasteiger partial charge >= 0.3 is 0 Å². The molecule has 3 nitrogen and oxygen atoms in total. The van der Waals surface area contributed by atoms with E-state index in [0.29, 0.717) is 0 Å². The number of nitrogens with two attached hydrogens (primary N) is 1. The zero-order chi connectivity index (χ0) is 13.1. The van der Waals surface area contributed by atoms with E-state index < -0.39 is 0 Å². The van der Waals surface area contributed by atoms with E-state index in [-0.39, 0.29) is 12.1 Å². The molecule has 19 heavy (non-hydrogen) atoms. The molecule has 2 aromatic carbocycles. The number of ether oxygens (including phenoxy) is 1. The number of thioether (sulfide) groups is 1. The summed E-state index contributed by atoms with van der Waals surface area (Å²) in [4.78, 5) is 1.20. The SMILES string of the molecule is NNC(c1ccccc1)C1CSc2ccccc2O1. The molecule has 1 aliphatic heterocycles. The Morgan fingerprint density at radius 2 is 1.84 bits per heavy atom. The van der Waals surface area contributed by atoms with E-state index in [9.17, 15) is 0 Å². The molecule has 1 aliphatic rings. The predicted molar refractivity (Wildman–Crippen MR) is 78.1 cm³/mol. The maximum absolute atomic E-state index is 6.08. The monoisotopic (exact) mass is 272 g/mol. The Hall–Kier alpha value is -1.49. The molecule has 3 rings (SSSR count). The highest BCUT2D eigenvalue weighted by Crippen LogP contribution is 2.37. The van der Waals surface area contributed by atoms with Gasteiger partial charge in [0.25, 0.3) is 0 Å². The quantitative estimate of drug-likeness (QED) is 0.666. The molecule has 98 valence electrons. The lowest BCUT2D eigenvalue weighted by atomic mass is 10.0. The molecule has 0 radical (unpaired) electrons. The highest BCUT2D eigenvalue weighted by molar-refractivity contribution is 7.99. The number of nitrogens with one attached hydrogen (secondary N) is 1. The van der Waals surface area contributed by atoms with Gasteiger partial charge in [-0.15, -0.1) is 11.8 Å². The molecule has 0 saturated heterocycles. The third kappa shape index (κ3) is 2.61. The van der Waals surface area contributed by atoms with Crippen molar-refractivity contribution in [2.75, 3.05) is 5.75 Å². The fourth-order valence-electron chi connectivity index (χ4n) is 2.28. The van der Waals surface area contributed by atoms with Crippen LogP contribution in [0.15, 0.2) is 59.5 Å². The Morgan fingerprint density at radius 3 is 2.63 bits per heavy atom. The smallest absolute Gasteiger partial charge is 0.133 e. The van der Waals surface area contributed by atoms with Gasteiger partial charge in [-0.25, -0.2) is 5.43 Å². The predicted octanol–water partition coefficient (Wildman–Crippen LogP) is 2.74. The maximum Gasteiger partial charge on any atom is 0.133 e. The van der Waals surface area contributed by atoms with Crippen LogP contribution in [-0.2, 0) is 0 Å². The van der Waals surface area contributed by atoms with Gasteiger partial charge in [0, 0.05) is 10.6 Å². The first-order valence-corrected chi connectivity index (χ1v) is 7.26. The Balaban J connectivity index is 1.83. The minimum Gasteiger partial charge on any atom is -0.486 e. The molecule has 2 aromatic rings. The average molecular weight is 272 g/mol. The summed E-state index contributed by atoms with van der Waals surface area (Å²) < 4.78 is 6.08. The molecule has 0 saturated carbocycles. The largest absolute Gasteiger partial charge is 0.486 e. The number of fused-ring (bicyclic) bond motifs is 1. The first-order valence-electron chi connectivity index (χ1n) is 6.28. The molecule has 0 aromatic heterocycles. The van der Waals surface area contributed by atoms with E-state index >= 15 is 0 Å². The van der Waals surface area contributed by atoms with Crippen LogP contribution in [0.1, 0.15) is 11.6 Å². The Morgan fingerprint density at radius 1 is 1.11 bits per heavy atom. The van der Waals surface area contributed by atoms with Crippen LogP contribution in [-0.4, -0.2) is 11.9 Å². The molecule has 2 unspecified atom stereocenters. The topological polar surface area (TPSA) is 47.3 Å². The van der Waals surface area contributed by atoms with Crippen LogP contribution in [0.5, 0.6) is 5.75 Å². The van der Waals surface area contributed by atoms with Crippen molar-refractivity contribution in [1.29, 1.82) is 0 Å². The minimum atomic E-state index is 0.00190. The average Bonchev–Trinajstić information content (AvgIpc) is 2.49. The summed E-state index contributed by atoms with van der Waals surface area (Å²) in [6.07, 6.45) is 0.0345. The van der Waals surface area contributed by atoms with E-state index in [2.05, 4.69) is 23.6 Å². The summed E-state index contributed by atoms with van der Waals surface area (Å²) >= 11 is 1.81. The normalized spacial score (nSPS) is 19.3. The third-order valence-corrected chi connectivity index (χ3v) is 4.38. The lowest BCUT2D eigenvalue weighted by molar-refractivity contribution is 0.167. The highest BCUT2D eigenvalue weighted by atomic mass is 32.2. The van der Waals surface area contributed by atoms with Crippen molar-refractivity contribution >= 4 is 11.8 Å². The Kier molecular flexibility index (Phi) is 3.73. The van der Waals surface area contributed by atoms with Crippen LogP contribution < -0.4 is 16.0 Å². The van der Waals surface area contributed by atoms with Crippen LogP contribution in [0, 0.1) is 0 Å². The number of hydrogen-bond donors (Lipinski definition) is 2. The lowest BCUT2D eigenvalue weighted by Gasteiger charge is -2.31. The molecule has 0 bridgehead atoms. The molecule has 3 N–H and O–H groups in total. The van der Waals surface area contributed by atoms with Crippen LogP contribution in [0.3, 0.4) is 0 Å². The summed E-state index contributed by atoms with van der Waals surface area (Å²) in [5.41, 5.74) is 4.03. The molecular weight excluding hydrogens is 256 g/mol. The highest BCUT2D eigenvalue weighted by Gasteiger charge is 2.28. The van der Waals surface area contributed by atoms with Crippen molar-refractivity contribution in [2.45, 2.75) is 17.0 Å². The summed E-state index contributed by atoms with van der Waals surface area (Å²) in [6, 6.07) is 18.3. The third-order valence-electron chi connectivity index (χ3n) is 3.24. The van der Waals surface area contributed by atoms with E-state index in [1.54, 1.807) is 0 Å². The first kappa shape index (κ1) is 12.5. The van der Waals surface area contributed by atoms with Gasteiger partial charge in [0.2, 0.25) is 0 Å². The Labute approximate surface area is 117 Å².